The highest BCUT2D eigenvalue weighted by atomic mass is 35.5. The predicted octanol–water partition coefficient (Wildman–Crippen LogP) is 3.26. The number of nitrogens with two attached hydrogens (primary N) is 1. The third-order valence-corrected chi connectivity index (χ3v) is 9.43. The van der Waals surface area contributed by atoms with Crippen molar-refractivity contribution in [1.82, 2.24) is 30.0 Å². The van der Waals surface area contributed by atoms with Crippen molar-refractivity contribution in [2.45, 2.75) is 56.7 Å². The van der Waals surface area contributed by atoms with Crippen LogP contribution in [0.2, 0.25) is 5.02 Å². The fraction of sp³-hybridized carbons (Fsp3) is 0.438. The maximum absolute atomic E-state index is 14.1. The van der Waals surface area contributed by atoms with E-state index in [0.29, 0.717) is 28.7 Å². The van der Waals surface area contributed by atoms with E-state index in [4.69, 9.17) is 17.3 Å². The topological polar surface area (TPSA) is 148 Å². The van der Waals surface area contributed by atoms with E-state index in [0.717, 1.165) is 50.8 Å². The molecule has 1 saturated carbocycles. The fourth-order valence-corrected chi connectivity index (χ4v) is 6.90. The summed E-state index contributed by atoms with van der Waals surface area (Å²) >= 11 is 6.31. The first-order chi connectivity index (χ1) is 21.3. The van der Waals surface area contributed by atoms with Crippen LogP contribution in [-0.2, 0) is 16.0 Å². The van der Waals surface area contributed by atoms with Crippen LogP contribution in [0.4, 0.5) is 0 Å². The molecule has 0 radical (unpaired) electrons. The summed E-state index contributed by atoms with van der Waals surface area (Å²) in [6, 6.07) is 11.4. The maximum atomic E-state index is 14.1. The number of carboxylic acids is 1. The van der Waals surface area contributed by atoms with Gasteiger partial charge in [-0.1, -0.05) is 23.7 Å². The molecule has 0 bridgehead atoms. The second-order valence-corrected chi connectivity index (χ2v) is 12.6. The highest BCUT2D eigenvalue weighted by molar-refractivity contribution is 6.30. The number of hydrogen-bond acceptors (Lipinski definition) is 8. The number of benzene rings is 2. The van der Waals surface area contributed by atoms with E-state index in [1.807, 2.05) is 0 Å². The molecule has 3 atom stereocenters. The SMILES string of the molecule is NC1CCN(C2CC(C3CC3)C(C(=O)Cc3ccc(C(=O)O)cc3)N(C(=O)/C=C/c3cc(Cl)ccc3-n3cnnn3)C2)CC1. The number of ketones is 1. The molecule has 2 saturated heterocycles. The van der Waals surface area contributed by atoms with E-state index in [1.54, 1.807) is 41.3 Å². The number of Topliss-reactive ketones (excluding diaryl/α,β-unsaturated/α-hetero) is 1. The Morgan fingerprint density at radius 1 is 1.05 bits per heavy atom. The average Bonchev–Trinajstić information content (AvgIpc) is 3.73. The molecule has 1 amide bonds. The molecule has 3 N–H and O–H groups in total. The quantitative estimate of drug-likeness (QED) is 0.345. The Morgan fingerprint density at radius 3 is 2.45 bits per heavy atom. The van der Waals surface area contributed by atoms with Crippen LogP contribution in [0.1, 0.15) is 53.6 Å². The molecule has 1 aliphatic carbocycles. The smallest absolute Gasteiger partial charge is 0.335 e. The molecule has 11 nitrogen and oxygen atoms in total. The minimum absolute atomic E-state index is 0.0250. The Kier molecular flexibility index (Phi) is 8.88. The Labute approximate surface area is 260 Å². The van der Waals surface area contributed by atoms with E-state index in [9.17, 15) is 19.5 Å². The molecule has 1 aromatic heterocycles. The fourth-order valence-electron chi connectivity index (χ4n) is 6.72. The lowest BCUT2D eigenvalue weighted by atomic mass is 9.78. The number of tetrazole rings is 1. The molecule has 6 rings (SSSR count). The second kappa shape index (κ2) is 13.0. The summed E-state index contributed by atoms with van der Waals surface area (Å²) < 4.78 is 1.50. The van der Waals surface area contributed by atoms with Crippen molar-refractivity contribution in [1.29, 1.82) is 0 Å². The number of rotatable bonds is 9. The Balaban J connectivity index is 1.30. The lowest BCUT2D eigenvalue weighted by Gasteiger charge is -2.48. The van der Waals surface area contributed by atoms with Gasteiger partial charge in [0.15, 0.2) is 5.78 Å². The number of halogens is 1. The van der Waals surface area contributed by atoms with E-state index in [1.165, 1.54) is 29.2 Å². The molecular formula is C32H36ClN7O4. The van der Waals surface area contributed by atoms with Crippen LogP contribution in [0.3, 0.4) is 0 Å². The highest BCUT2D eigenvalue weighted by Crippen LogP contribution is 2.45. The van der Waals surface area contributed by atoms with Crippen LogP contribution >= 0.6 is 11.6 Å². The standard InChI is InChI=1S/C32H36ClN7O4/c33-24-8-9-28(40-19-35-36-37-40)23(16-24)7-10-30(42)39-18-26(38-13-11-25(34)12-14-38)17-27(21-5-6-21)31(39)29(41)15-20-1-3-22(4-2-20)32(43)44/h1-4,7-10,16,19,21,25-27,31H,5-6,11-15,17-18,34H2,(H,43,44)/b10-7+. The van der Waals surface area contributed by atoms with Crippen molar-refractivity contribution >= 4 is 35.3 Å². The number of hydrogen-bond donors (Lipinski definition) is 2. The monoisotopic (exact) mass is 617 g/mol. The van der Waals surface area contributed by atoms with Gasteiger partial charge < -0.3 is 15.7 Å². The van der Waals surface area contributed by atoms with Gasteiger partial charge >= 0.3 is 5.97 Å². The van der Waals surface area contributed by atoms with Crippen LogP contribution in [0.15, 0.2) is 54.9 Å². The lowest BCUT2D eigenvalue weighted by Crippen LogP contribution is -2.61. The van der Waals surface area contributed by atoms with Gasteiger partial charge in [-0.15, -0.1) is 5.10 Å². The summed E-state index contributed by atoms with van der Waals surface area (Å²) in [5, 5.41) is 21.2. The van der Waals surface area contributed by atoms with Crippen molar-refractivity contribution in [2.75, 3.05) is 19.6 Å². The van der Waals surface area contributed by atoms with Gasteiger partial charge in [0.1, 0.15) is 6.33 Å². The molecule has 2 aliphatic heterocycles. The van der Waals surface area contributed by atoms with E-state index in [2.05, 4.69) is 20.4 Å². The predicted molar refractivity (Wildman–Crippen MR) is 164 cm³/mol. The molecule has 0 spiro atoms. The van der Waals surface area contributed by atoms with Gasteiger partial charge in [0.05, 0.1) is 17.3 Å². The minimum Gasteiger partial charge on any atom is -0.478 e. The minimum atomic E-state index is -1.01. The largest absolute Gasteiger partial charge is 0.478 e. The normalized spacial score (nSPS) is 23.2. The molecule has 44 heavy (non-hydrogen) atoms. The number of aromatic carboxylic acids is 1. The molecule has 3 heterocycles. The first-order valence-corrected chi connectivity index (χ1v) is 15.5. The van der Waals surface area contributed by atoms with E-state index >= 15 is 0 Å². The van der Waals surface area contributed by atoms with Crippen LogP contribution in [0, 0.1) is 11.8 Å². The van der Waals surface area contributed by atoms with Crippen molar-refractivity contribution in [2.24, 2.45) is 17.6 Å². The summed E-state index contributed by atoms with van der Waals surface area (Å²) in [4.78, 5) is 43.8. The second-order valence-electron chi connectivity index (χ2n) is 12.1. The van der Waals surface area contributed by atoms with Crippen LogP contribution in [-0.4, -0.2) is 90.5 Å². The van der Waals surface area contributed by atoms with Crippen molar-refractivity contribution in [3.8, 4) is 5.69 Å². The van der Waals surface area contributed by atoms with Crippen LogP contribution in [0.25, 0.3) is 11.8 Å². The Bertz CT molecular complexity index is 1530. The summed E-state index contributed by atoms with van der Waals surface area (Å²) in [6.45, 7) is 2.21. The number of piperidine rings is 2. The molecule has 12 heteroatoms. The van der Waals surface area contributed by atoms with Gasteiger partial charge in [0.2, 0.25) is 5.91 Å². The number of likely N-dealkylation sites (tertiary alicyclic amines) is 2. The van der Waals surface area contributed by atoms with Gasteiger partial charge in [-0.05, 0) is 109 Å². The van der Waals surface area contributed by atoms with Crippen LogP contribution in [0.5, 0.6) is 0 Å². The molecule has 3 aliphatic rings. The molecule has 3 aromatic rings. The average molecular weight is 618 g/mol. The zero-order chi connectivity index (χ0) is 30.8. The zero-order valence-electron chi connectivity index (χ0n) is 24.3. The Morgan fingerprint density at radius 2 is 1.80 bits per heavy atom. The number of carboxylic acid groups (broad SMARTS) is 1. The number of aromatic nitrogens is 4. The Hall–Kier alpha value is -3.93. The van der Waals surface area contributed by atoms with E-state index < -0.39 is 12.0 Å². The summed E-state index contributed by atoms with van der Waals surface area (Å²) in [5.41, 5.74) is 8.43. The number of carbonyl (C=O) groups excluding carboxylic acids is 2. The number of carbonyl (C=O) groups is 3. The highest BCUT2D eigenvalue weighted by Gasteiger charge is 2.49. The maximum Gasteiger partial charge on any atom is 0.335 e. The van der Waals surface area contributed by atoms with Gasteiger partial charge in [-0.2, -0.15) is 4.68 Å². The molecular weight excluding hydrogens is 582 g/mol. The molecule has 3 fully saturated rings. The third kappa shape index (κ3) is 6.74. The van der Waals surface area contributed by atoms with Crippen molar-refractivity contribution in [3.63, 3.8) is 0 Å². The lowest BCUT2D eigenvalue weighted by molar-refractivity contribution is -0.143. The van der Waals surface area contributed by atoms with Gasteiger partial charge in [0, 0.05) is 41.7 Å². The first kappa shape index (κ1) is 30.1. The molecule has 230 valence electrons. The van der Waals surface area contributed by atoms with Crippen molar-refractivity contribution in [3.05, 3.63) is 76.6 Å². The van der Waals surface area contributed by atoms with Gasteiger partial charge in [-0.3, -0.25) is 14.5 Å². The molecule has 2 aromatic carbocycles. The first-order valence-electron chi connectivity index (χ1n) is 15.1. The zero-order valence-corrected chi connectivity index (χ0v) is 25.1. The summed E-state index contributed by atoms with van der Waals surface area (Å²) in [5.74, 6) is -0.832. The van der Waals surface area contributed by atoms with Crippen molar-refractivity contribution < 1.29 is 19.5 Å². The van der Waals surface area contributed by atoms with E-state index in [-0.39, 0.29) is 41.7 Å². The van der Waals surface area contributed by atoms with Gasteiger partial charge in [0.25, 0.3) is 0 Å². The third-order valence-electron chi connectivity index (χ3n) is 9.19. The number of nitrogens with zero attached hydrogens (tertiary/aromatic N) is 6. The van der Waals surface area contributed by atoms with Gasteiger partial charge in [-0.25, -0.2) is 4.79 Å². The number of amides is 1. The van der Waals surface area contributed by atoms with Crippen LogP contribution < -0.4 is 5.73 Å². The summed E-state index contributed by atoms with van der Waals surface area (Å²) in [6.07, 6.45) is 9.61. The molecule has 3 unspecified atom stereocenters. The summed E-state index contributed by atoms with van der Waals surface area (Å²) in [7, 11) is 0.